The van der Waals surface area contributed by atoms with E-state index in [9.17, 15) is 18.0 Å². The lowest BCUT2D eigenvalue weighted by molar-refractivity contribution is 0.102. The molecule has 0 aliphatic rings. The van der Waals surface area contributed by atoms with Crippen LogP contribution in [0.25, 0.3) is 16.6 Å². The zero-order valence-corrected chi connectivity index (χ0v) is 16.2. The first kappa shape index (κ1) is 18.8. The number of rotatable bonds is 4. The molecule has 2 aromatic heterocycles. The highest BCUT2D eigenvalue weighted by Crippen LogP contribution is 2.22. The molecule has 4 N–H and O–H groups in total. The van der Waals surface area contributed by atoms with E-state index in [1.807, 2.05) is 6.92 Å². The minimum atomic E-state index is -3.94. The number of sulfonamides is 1. The normalized spacial score (nSPS) is 11.8. The Labute approximate surface area is 165 Å². The van der Waals surface area contributed by atoms with Gasteiger partial charge in [0.2, 0.25) is 10.0 Å². The van der Waals surface area contributed by atoms with E-state index in [0.717, 1.165) is 0 Å². The molecule has 0 saturated carbocycles. The van der Waals surface area contributed by atoms with Gasteiger partial charge in [0.1, 0.15) is 11.2 Å². The molecule has 0 unspecified atom stereocenters. The van der Waals surface area contributed by atoms with Crippen molar-refractivity contribution in [1.82, 2.24) is 14.6 Å². The van der Waals surface area contributed by atoms with Gasteiger partial charge >= 0.3 is 0 Å². The fourth-order valence-electron chi connectivity index (χ4n) is 3.23. The average Bonchev–Trinajstić information content (AvgIpc) is 3.11. The molecule has 4 aromatic rings. The smallest absolute Gasteiger partial charge is 0.261 e. The fourth-order valence-corrected chi connectivity index (χ4v) is 4.10. The number of carbonyl (C=O) groups is 1. The number of hydrogen-bond acceptors (Lipinski definition) is 5. The van der Waals surface area contributed by atoms with Crippen LogP contribution in [0, 0.1) is 0 Å². The van der Waals surface area contributed by atoms with Crippen molar-refractivity contribution in [1.29, 1.82) is 0 Å². The maximum Gasteiger partial charge on any atom is 0.261 e. The third-order valence-electron chi connectivity index (χ3n) is 4.64. The molecule has 0 radical (unpaired) electrons. The SMILES string of the molecule is CCc1ccc(NC(=O)c2cnn3c2[nH]c(=O)c2ccccc23)cc1S(N)(=O)=O. The highest BCUT2D eigenvalue weighted by molar-refractivity contribution is 7.89. The lowest BCUT2D eigenvalue weighted by Crippen LogP contribution is -2.17. The summed E-state index contributed by atoms with van der Waals surface area (Å²) in [5.41, 5.74) is 1.42. The van der Waals surface area contributed by atoms with E-state index in [1.54, 1.807) is 36.4 Å². The van der Waals surface area contributed by atoms with Crippen LogP contribution >= 0.6 is 0 Å². The molecule has 0 aliphatic carbocycles. The number of aromatic nitrogens is 3. The molecule has 4 rings (SSSR count). The molecule has 148 valence electrons. The van der Waals surface area contributed by atoms with Crippen LogP contribution in [0.4, 0.5) is 5.69 Å². The van der Waals surface area contributed by atoms with Crippen LogP contribution in [0.15, 0.2) is 58.4 Å². The first-order chi connectivity index (χ1) is 13.8. The summed E-state index contributed by atoms with van der Waals surface area (Å²) in [6.07, 6.45) is 1.82. The van der Waals surface area contributed by atoms with E-state index in [2.05, 4.69) is 15.4 Å². The fraction of sp³-hybridized carbons (Fsp3) is 0.105. The number of aryl methyl sites for hydroxylation is 1. The molecule has 10 heteroatoms. The number of hydrogen-bond donors (Lipinski definition) is 3. The Balaban J connectivity index is 1.77. The zero-order valence-electron chi connectivity index (χ0n) is 15.3. The quantitative estimate of drug-likeness (QED) is 0.468. The Morgan fingerprint density at radius 2 is 2.00 bits per heavy atom. The van der Waals surface area contributed by atoms with Crippen LogP contribution in [0.3, 0.4) is 0 Å². The molecule has 0 fully saturated rings. The summed E-state index contributed by atoms with van der Waals surface area (Å²) < 4.78 is 25.1. The summed E-state index contributed by atoms with van der Waals surface area (Å²) in [7, 11) is -3.94. The van der Waals surface area contributed by atoms with Crippen molar-refractivity contribution in [3.05, 3.63) is 70.1 Å². The number of carbonyl (C=O) groups excluding carboxylic acids is 1. The number of fused-ring (bicyclic) bond motifs is 3. The highest BCUT2D eigenvalue weighted by Gasteiger charge is 2.18. The van der Waals surface area contributed by atoms with Crippen molar-refractivity contribution >= 4 is 38.2 Å². The third kappa shape index (κ3) is 3.28. The summed E-state index contributed by atoms with van der Waals surface area (Å²) >= 11 is 0. The summed E-state index contributed by atoms with van der Waals surface area (Å²) in [5.74, 6) is -0.546. The number of anilines is 1. The number of aromatic amines is 1. The summed E-state index contributed by atoms with van der Waals surface area (Å²) in [6.45, 7) is 1.81. The topological polar surface area (TPSA) is 139 Å². The van der Waals surface area contributed by atoms with Gasteiger partial charge in [-0.15, -0.1) is 0 Å². The predicted molar refractivity (Wildman–Crippen MR) is 108 cm³/mol. The molecule has 0 saturated heterocycles. The van der Waals surface area contributed by atoms with Crippen LogP contribution < -0.4 is 16.0 Å². The largest absolute Gasteiger partial charge is 0.322 e. The van der Waals surface area contributed by atoms with Gasteiger partial charge in [0, 0.05) is 5.69 Å². The predicted octanol–water partition coefficient (Wildman–Crippen LogP) is 1.64. The first-order valence-electron chi connectivity index (χ1n) is 8.75. The van der Waals surface area contributed by atoms with E-state index in [0.29, 0.717) is 22.9 Å². The van der Waals surface area contributed by atoms with Crippen molar-refractivity contribution in [2.45, 2.75) is 18.2 Å². The Kier molecular flexibility index (Phi) is 4.44. The molecule has 9 nitrogen and oxygen atoms in total. The highest BCUT2D eigenvalue weighted by atomic mass is 32.2. The lowest BCUT2D eigenvalue weighted by Gasteiger charge is -2.10. The minimum Gasteiger partial charge on any atom is -0.322 e. The van der Waals surface area contributed by atoms with Gasteiger partial charge in [0.25, 0.3) is 11.5 Å². The second kappa shape index (κ2) is 6.83. The molecule has 0 atom stereocenters. The first-order valence-corrected chi connectivity index (χ1v) is 10.3. The van der Waals surface area contributed by atoms with Gasteiger partial charge in [0.15, 0.2) is 0 Å². The third-order valence-corrected chi connectivity index (χ3v) is 5.63. The van der Waals surface area contributed by atoms with E-state index in [4.69, 9.17) is 5.14 Å². The number of H-pyrrole nitrogens is 1. The van der Waals surface area contributed by atoms with Gasteiger partial charge < -0.3 is 10.3 Å². The molecule has 2 aromatic carbocycles. The molecule has 0 bridgehead atoms. The maximum atomic E-state index is 12.8. The molecular weight excluding hydrogens is 394 g/mol. The van der Waals surface area contributed by atoms with Gasteiger partial charge in [-0.05, 0) is 36.2 Å². The number of benzene rings is 2. The average molecular weight is 411 g/mol. The van der Waals surface area contributed by atoms with Gasteiger partial charge in [-0.1, -0.05) is 25.1 Å². The van der Waals surface area contributed by atoms with Crippen LogP contribution in [0.5, 0.6) is 0 Å². The standard InChI is InChI=1S/C19H17N5O4S/c1-2-11-7-8-12(9-16(11)29(20,27)28)22-19(26)14-10-21-24-15-6-4-3-5-13(15)18(25)23-17(14)24/h3-10H,2H2,1H3,(H,22,26)(H,23,25)(H2,20,27,28). The van der Waals surface area contributed by atoms with E-state index < -0.39 is 15.9 Å². The van der Waals surface area contributed by atoms with Crippen molar-refractivity contribution in [3.8, 4) is 0 Å². The second-order valence-electron chi connectivity index (χ2n) is 6.47. The second-order valence-corrected chi connectivity index (χ2v) is 7.99. The summed E-state index contributed by atoms with van der Waals surface area (Å²) in [5, 5.41) is 12.6. The van der Waals surface area contributed by atoms with Gasteiger partial charge in [0.05, 0.1) is 22.0 Å². The number of primary sulfonamides is 1. The molecule has 29 heavy (non-hydrogen) atoms. The Morgan fingerprint density at radius 3 is 2.72 bits per heavy atom. The van der Waals surface area contributed by atoms with Crippen molar-refractivity contribution in [2.24, 2.45) is 5.14 Å². The molecule has 1 amide bonds. The van der Waals surface area contributed by atoms with Crippen molar-refractivity contribution in [2.75, 3.05) is 5.32 Å². The van der Waals surface area contributed by atoms with E-state index in [1.165, 1.54) is 16.8 Å². The van der Waals surface area contributed by atoms with E-state index in [-0.39, 0.29) is 27.4 Å². The molecule has 0 spiro atoms. The van der Waals surface area contributed by atoms with Crippen LogP contribution in [-0.2, 0) is 16.4 Å². The number of nitrogens with zero attached hydrogens (tertiary/aromatic N) is 2. The lowest BCUT2D eigenvalue weighted by atomic mass is 10.1. The van der Waals surface area contributed by atoms with Crippen molar-refractivity contribution in [3.63, 3.8) is 0 Å². The Morgan fingerprint density at radius 1 is 1.24 bits per heavy atom. The summed E-state index contributed by atoms with van der Waals surface area (Å²) in [6, 6.07) is 11.4. The van der Waals surface area contributed by atoms with E-state index >= 15 is 0 Å². The van der Waals surface area contributed by atoms with Crippen molar-refractivity contribution < 1.29 is 13.2 Å². The monoisotopic (exact) mass is 411 g/mol. The van der Waals surface area contributed by atoms with Crippen LogP contribution in [-0.4, -0.2) is 28.9 Å². The van der Waals surface area contributed by atoms with Gasteiger partial charge in [-0.3, -0.25) is 9.59 Å². The minimum absolute atomic E-state index is 0.0444. The molecule has 2 heterocycles. The van der Waals surface area contributed by atoms with Crippen LogP contribution in [0.1, 0.15) is 22.8 Å². The van der Waals surface area contributed by atoms with Gasteiger partial charge in [-0.2, -0.15) is 5.10 Å². The molecule has 0 aliphatic heterocycles. The number of nitrogens with one attached hydrogen (secondary N) is 2. The van der Waals surface area contributed by atoms with Gasteiger partial charge in [-0.25, -0.2) is 18.1 Å². The summed E-state index contributed by atoms with van der Waals surface area (Å²) in [4.78, 5) is 27.8. The zero-order chi connectivity index (χ0) is 20.8. The number of para-hydroxylation sites is 1. The van der Waals surface area contributed by atoms with Crippen LogP contribution in [0.2, 0.25) is 0 Å². The maximum absolute atomic E-state index is 12.8. The molecular formula is C19H17N5O4S. The Bertz CT molecular complexity index is 1440. The Hall–Kier alpha value is -3.50. The number of nitrogens with two attached hydrogens (primary N) is 1. The number of amides is 1.